The number of carbonyl (C=O) groups is 3. The summed E-state index contributed by atoms with van der Waals surface area (Å²) in [7, 11) is 0. The predicted octanol–water partition coefficient (Wildman–Crippen LogP) is 5.88. The first kappa shape index (κ1) is 36.6. The van der Waals surface area contributed by atoms with E-state index in [1.165, 1.54) is 17.0 Å². The molecule has 0 saturated carbocycles. The van der Waals surface area contributed by atoms with E-state index in [-0.39, 0.29) is 43.0 Å². The third-order valence-corrected chi connectivity index (χ3v) is 7.54. The van der Waals surface area contributed by atoms with Gasteiger partial charge in [-0.15, -0.1) is 15.0 Å². The fraction of sp³-hybridized carbons (Fsp3) is 0.353. The van der Waals surface area contributed by atoms with Crippen molar-refractivity contribution in [2.45, 2.75) is 72.4 Å². The highest BCUT2D eigenvalue weighted by atomic mass is 17.1. The van der Waals surface area contributed by atoms with Crippen molar-refractivity contribution in [2.75, 3.05) is 0 Å². The van der Waals surface area contributed by atoms with Crippen LogP contribution in [0.15, 0.2) is 72.8 Å². The molecule has 0 radical (unpaired) electrons. The van der Waals surface area contributed by atoms with Gasteiger partial charge in [0.25, 0.3) is 0 Å². The van der Waals surface area contributed by atoms with Gasteiger partial charge in [0.2, 0.25) is 18.0 Å². The molecule has 0 spiro atoms. The molecular weight excluding hydrogens is 636 g/mol. The second-order valence-corrected chi connectivity index (χ2v) is 11.6. The monoisotopic (exact) mass is 676 g/mol. The molecule has 4 aromatic rings. The van der Waals surface area contributed by atoms with Gasteiger partial charge in [0.05, 0.1) is 12.0 Å². The molecule has 3 N–H and O–H groups in total. The van der Waals surface area contributed by atoms with Gasteiger partial charge < -0.3 is 19.5 Å². The number of unbranched alkanes of at least 4 members (excludes halogenated alkanes) is 1. The Labute approximate surface area is 283 Å². The standard InChI is InChI=1S/C34H40N6O9/c1-5-6-14-30(41)38(31(22(2)3)33(42)43)20-24-15-17-26(18-16-24)28-12-7-8-13-29(28)32-35-37-39(36-32)23(4)48-34(44)49-27-11-9-10-25(19-27)21-47-40(45)46/h7-13,15-19,22-23,31,45-46H,5-6,14,20-21H2,1-4H3,(H,42,43)/t23?,31-/m0/s1. The first-order chi connectivity index (χ1) is 23.5. The number of carbonyl (C=O) groups excluding carboxylic acids is 2. The van der Waals surface area contributed by atoms with Crippen LogP contribution >= 0.6 is 0 Å². The number of amides is 1. The molecule has 15 nitrogen and oxygen atoms in total. The molecule has 0 aliphatic carbocycles. The van der Waals surface area contributed by atoms with E-state index in [1.54, 1.807) is 32.9 Å². The first-order valence-corrected chi connectivity index (χ1v) is 15.8. The summed E-state index contributed by atoms with van der Waals surface area (Å²) in [5, 5.41) is 39.6. The summed E-state index contributed by atoms with van der Waals surface area (Å²) in [6.07, 6.45) is -0.193. The lowest BCUT2D eigenvalue weighted by Gasteiger charge is -2.32. The predicted molar refractivity (Wildman–Crippen MR) is 173 cm³/mol. The molecule has 15 heteroatoms. The molecule has 0 aliphatic heterocycles. The summed E-state index contributed by atoms with van der Waals surface area (Å²) in [4.78, 5) is 44.8. The average Bonchev–Trinajstić information content (AvgIpc) is 3.57. The Morgan fingerprint density at radius 2 is 1.63 bits per heavy atom. The highest BCUT2D eigenvalue weighted by Gasteiger charge is 2.32. The van der Waals surface area contributed by atoms with Crippen molar-refractivity contribution in [3.8, 4) is 28.3 Å². The molecule has 0 bridgehead atoms. The highest BCUT2D eigenvalue weighted by molar-refractivity contribution is 5.84. The number of hydrogen-bond donors (Lipinski definition) is 3. The van der Waals surface area contributed by atoms with Gasteiger partial charge in [-0.25, -0.2) is 14.4 Å². The molecule has 0 fully saturated rings. The Bertz CT molecular complexity index is 1710. The van der Waals surface area contributed by atoms with Crippen molar-refractivity contribution in [2.24, 2.45) is 5.92 Å². The SMILES string of the molecule is CCCCC(=O)N(Cc1ccc(-c2ccccc2-c2nnn(C(C)OC(=O)Oc3cccc(CON(O)O)c3)n2)cc1)[C@H](C(=O)O)C(C)C. The fourth-order valence-electron chi connectivity index (χ4n) is 5.13. The second-order valence-electron chi connectivity index (χ2n) is 11.6. The van der Waals surface area contributed by atoms with Crippen LogP contribution < -0.4 is 4.74 Å². The quantitative estimate of drug-likeness (QED) is 0.0725. The van der Waals surface area contributed by atoms with Crippen LogP contribution in [0.4, 0.5) is 4.79 Å². The molecule has 1 amide bonds. The maximum absolute atomic E-state index is 13.1. The average molecular weight is 677 g/mol. The minimum absolute atomic E-state index is 0.144. The summed E-state index contributed by atoms with van der Waals surface area (Å²) in [5.74, 6) is -1.05. The Balaban J connectivity index is 1.46. The number of hydrogen-bond acceptors (Lipinski definition) is 12. The van der Waals surface area contributed by atoms with Crippen molar-refractivity contribution < 1.29 is 44.2 Å². The van der Waals surface area contributed by atoms with E-state index in [9.17, 15) is 19.5 Å². The van der Waals surface area contributed by atoms with E-state index < -0.39 is 29.8 Å². The number of nitrogens with zero attached hydrogens (tertiary/aromatic N) is 6. The number of benzene rings is 3. The van der Waals surface area contributed by atoms with Crippen molar-refractivity contribution in [3.63, 3.8) is 0 Å². The lowest BCUT2D eigenvalue weighted by molar-refractivity contribution is -0.497. The van der Waals surface area contributed by atoms with E-state index >= 15 is 0 Å². The zero-order chi connectivity index (χ0) is 35.5. The molecular formula is C34H40N6O9. The largest absolute Gasteiger partial charge is 0.515 e. The summed E-state index contributed by atoms with van der Waals surface area (Å²) in [6.45, 7) is 7.11. The number of carboxylic acids is 1. The van der Waals surface area contributed by atoms with Gasteiger partial charge in [0, 0.05) is 18.5 Å². The molecule has 1 unspecified atom stereocenters. The van der Waals surface area contributed by atoms with E-state index in [2.05, 4.69) is 20.2 Å². The summed E-state index contributed by atoms with van der Waals surface area (Å²) < 4.78 is 10.6. The maximum Gasteiger partial charge on any atom is 0.515 e. The Morgan fingerprint density at radius 3 is 2.29 bits per heavy atom. The Kier molecular flexibility index (Phi) is 12.9. The zero-order valence-corrected chi connectivity index (χ0v) is 27.7. The third-order valence-electron chi connectivity index (χ3n) is 7.54. The first-order valence-electron chi connectivity index (χ1n) is 15.8. The molecule has 0 saturated heterocycles. The highest BCUT2D eigenvalue weighted by Crippen LogP contribution is 2.31. The molecule has 1 heterocycles. The molecule has 0 aliphatic rings. The van der Waals surface area contributed by atoms with Crippen molar-refractivity contribution >= 4 is 18.0 Å². The Morgan fingerprint density at radius 1 is 0.918 bits per heavy atom. The van der Waals surface area contributed by atoms with Crippen LogP contribution in [0.25, 0.3) is 22.5 Å². The van der Waals surface area contributed by atoms with Gasteiger partial charge in [0.15, 0.2) is 0 Å². The Hall–Kier alpha value is -5.22. The summed E-state index contributed by atoms with van der Waals surface area (Å²) in [6, 6.07) is 20.2. The topological polar surface area (TPSA) is 190 Å². The van der Waals surface area contributed by atoms with Crippen LogP contribution in [0.5, 0.6) is 5.75 Å². The zero-order valence-electron chi connectivity index (χ0n) is 27.7. The number of tetrazole rings is 1. The molecule has 49 heavy (non-hydrogen) atoms. The van der Waals surface area contributed by atoms with Crippen LogP contribution in [0.1, 0.15) is 64.3 Å². The van der Waals surface area contributed by atoms with E-state index in [0.29, 0.717) is 17.5 Å². The normalized spacial score (nSPS) is 12.5. The van der Waals surface area contributed by atoms with Gasteiger partial charge in [-0.1, -0.05) is 87.9 Å². The summed E-state index contributed by atoms with van der Waals surface area (Å²) >= 11 is 0. The minimum atomic E-state index is -1.03. The minimum Gasteiger partial charge on any atom is -0.480 e. The van der Waals surface area contributed by atoms with Crippen LogP contribution in [-0.4, -0.2) is 70.1 Å². The van der Waals surface area contributed by atoms with Gasteiger partial charge in [-0.05, 0) is 58.9 Å². The van der Waals surface area contributed by atoms with Gasteiger partial charge in [-0.3, -0.25) is 15.2 Å². The number of rotatable bonds is 16. The van der Waals surface area contributed by atoms with Crippen molar-refractivity contribution in [1.82, 2.24) is 30.5 Å². The maximum atomic E-state index is 13.1. The van der Waals surface area contributed by atoms with E-state index in [0.717, 1.165) is 27.9 Å². The molecule has 3 aromatic carbocycles. The van der Waals surface area contributed by atoms with Crippen LogP contribution in [-0.2, 0) is 32.3 Å². The van der Waals surface area contributed by atoms with Gasteiger partial charge in [-0.2, -0.15) is 0 Å². The number of aromatic nitrogens is 4. The summed E-state index contributed by atoms with van der Waals surface area (Å²) in [5.41, 5.74) is 3.60. The van der Waals surface area contributed by atoms with Crippen LogP contribution in [0.2, 0.25) is 0 Å². The third kappa shape index (κ3) is 10.1. The lowest BCUT2D eigenvalue weighted by Crippen LogP contribution is -2.47. The van der Waals surface area contributed by atoms with Gasteiger partial charge >= 0.3 is 12.1 Å². The molecule has 1 aromatic heterocycles. The number of aliphatic carboxylic acids is 1. The van der Waals surface area contributed by atoms with E-state index in [4.69, 9.17) is 19.9 Å². The smallest absolute Gasteiger partial charge is 0.480 e. The van der Waals surface area contributed by atoms with Crippen molar-refractivity contribution in [1.29, 1.82) is 0 Å². The van der Waals surface area contributed by atoms with Crippen molar-refractivity contribution in [3.05, 3.63) is 83.9 Å². The number of carboxylic acid groups (broad SMARTS) is 1. The number of ether oxygens (including phenoxy) is 2. The van der Waals surface area contributed by atoms with Crippen LogP contribution in [0.3, 0.4) is 0 Å². The van der Waals surface area contributed by atoms with Gasteiger partial charge in [0.1, 0.15) is 11.8 Å². The molecule has 2 atom stereocenters. The van der Waals surface area contributed by atoms with E-state index in [1.807, 2.05) is 55.5 Å². The molecule has 4 rings (SSSR count). The molecule has 260 valence electrons. The fourth-order valence-corrected chi connectivity index (χ4v) is 5.13. The lowest BCUT2D eigenvalue weighted by atomic mass is 9.97. The second kappa shape index (κ2) is 17.3. The van der Waals surface area contributed by atoms with Crippen LogP contribution in [0, 0.1) is 5.92 Å².